The van der Waals surface area contributed by atoms with Crippen LogP contribution in [0.3, 0.4) is 0 Å². The third-order valence-electron chi connectivity index (χ3n) is 7.90. The maximum atomic E-state index is 15.2. The fourth-order valence-electron chi connectivity index (χ4n) is 6.40. The van der Waals surface area contributed by atoms with Crippen molar-refractivity contribution in [3.05, 3.63) is 67.8 Å². The van der Waals surface area contributed by atoms with E-state index in [2.05, 4.69) is 26.9 Å². The highest BCUT2D eigenvalue weighted by Gasteiger charge is 2.47. The number of nitrogens with two attached hydrogens (primary N) is 1. The SMILES string of the molecule is N#CC1=C2N=C(N)c3c(sc4c3C3CCN4CC3)N2C2=C(C(=O)CCC2)[C@@H]1c1cc(Br)ccc1F. The minimum atomic E-state index is -0.806. The van der Waals surface area contributed by atoms with E-state index in [1.807, 2.05) is 4.90 Å². The molecule has 0 radical (unpaired) electrons. The normalized spacial score (nSPS) is 23.1. The van der Waals surface area contributed by atoms with Crippen molar-refractivity contribution in [2.24, 2.45) is 10.7 Å². The van der Waals surface area contributed by atoms with Gasteiger partial charge in [-0.2, -0.15) is 5.26 Å². The number of ketones is 1. The summed E-state index contributed by atoms with van der Waals surface area (Å²) in [7, 11) is 0. The molecule has 0 unspecified atom stereocenters. The van der Waals surface area contributed by atoms with Gasteiger partial charge in [0.05, 0.1) is 28.1 Å². The van der Waals surface area contributed by atoms with Crippen molar-refractivity contribution >= 4 is 48.9 Å². The largest absolute Gasteiger partial charge is 0.383 e. The lowest BCUT2D eigenvalue weighted by atomic mass is 9.75. The first-order chi connectivity index (χ1) is 17.0. The Bertz CT molecular complexity index is 1470. The van der Waals surface area contributed by atoms with Crippen LogP contribution in [-0.4, -0.2) is 24.7 Å². The minimum absolute atomic E-state index is 0.0309. The van der Waals surface area contributed by atoms with Gasteiger partial charge in [0.25, 0.3) is 0 Å². The number of hydrogen-bond donors (Lipinski definition) is 1. The number of aliphatic imine (C=N–C) groups is 1. The molecular weight excluding hydrogens is 529 g/mol. The fourth-order valence-corrected chi connectivity index (χ4v) is 8.26. The summed E-state index contributed by atoms with van der Waals surface area (Å²) in [6.07, 6.45) is 3.98. The van der Waals surface area contributed by atoms with Crippen LogP contribution in [0, 0.1) is 17.1 Å². The van der Waals surface area contributed by atoms with Gasteiger partial charge in [0, 0.05) is 46.4 Å². The van der Waals surface area contributed by atoms with E-state index in [9.17, 15) is 10.1 Å². The van der Waals surface area contributed by atoms with E-state index in [0.717, 1.165) is 42.2 Å². The summed E-state index contributed by atoms with van der Waals surface area (Å²) in [5.74, 6) is 0.00562. The highest BCUT2D eigenvalue weighted by Crippen LogP contribution is 2.58. The Balaban J connectivity index is 1.53. The smallest absolute Gasteiger partial charge is 0.161 e. The van der Waals surface area contributed by atoms with Crippen molar-refractivity contribution in [1.82, 2.24) is 0 Å². The number of fused-ring (bicyclic) bond motifs is 6. The number of anilines is 2. The monoisotopic (exact) mass is 549 g/mol. The number of amidine groups is 1. The standard InChI is InChI=1S/C26H21BrFN5OS/c27-13-4-5-16(28)14(10-13)20-15(11-29)24-31-23(30)22-19-12-6-8-32(9-7-12)25(19)35-26(22)33(24)17-2-1-3-18(34)21(17)20/h4-5,10,12,20H,1-3,6-9H2,(H2,30,31)/t20-/m1/s1. The summed E-state index contributed by atoms with van der Waals surface area (Å²) in [6.45, 7) is 2.08. The quantitative estimate of drug-likeness (QED) is 0.513. The van der Waals surface area contributed by atoms with Gasteiger partial charge < -0.3 is 10.6 Å². The predicted molar refractivity (Wildman–Crippen MR) is 137 cm³/mol. The van der Waals surface area contributed by atoms with Crippen LogP contribution in [0.2, 0.25) is 0 Å². The van der Waals surface area contributed by atoms with Gasteiger partial charge in [-0.1, -0.05) is 27.3 Å². The molecule has 6 heterocycles. The fraction of sp³-hybridized carbons (Fsp3) is 0.346. The van der Waals surface area contributed by atoms with Crippen LogP contribution in [0.25, 0.3) is 0 Å². The number of nitriles is 1. The molecule has 176 valence electrons. The number of benzene rings is 1. The molecule has 1 saturated heterocycles. The van der Waals surface area contributed by atoms with Gasteiger partial charge in [0.15, 0.2) is 11.6 Å². The summed E-state index contributed by atoms with van der Waals surface area (Å²) in [5.41, 5.74) is 10.8. The van der Waals surface area contributed by atoms with Gasteiger partial charge in [0.1, 0.15) is 16.7 Å². The van der Waals surface area contributed by atoms with Crippen molar-refractivity contribution in [2.45, 2.75) is 43.9 Å². The number of nitrogens with zero attached hydrogens (tertiary/aromatic N) is 4. The first kappa shape index (κ1) is 21.3. The van der Waals surface area contributed by atoms with Gasteiger partial charge in [-0.3, -0.25) is 9.69 Å². The number of halogens is 2. The Labute approximate surface area is 214 Å². The highest BCUT2D eigenvalue weighted by molar-refractivity contribution is 9.10. The second-order valence-corrected chi connectivity index (χ2v) is 11.6. The molecule has 6 nitrogen and oxygen atoms in total. The topological polar surface area (TPSA) is 85.7 Å². The number of thiophene rings is 1. The molecule has 2 aromatic rings. The van der Waals surface area contributed by atoms with E-state index in [-0.39, 0.29) is 11.4 Å². The van der Waals surface area contributed by atoms with Crippen molar-refractivity contribution < 1.29 is 9.18 Å². The van der Waals surface area contributed by atoms with Gasteiger partial charge >= 0.3 is 0 Å². The number of allylic oxidation sites excluding steroid dienone is 3. The second-order valence-electron chi connectivity index (χ2n) is 9.68. The molecule has 5 aliphatic heterocycles. The predicted octanol–water partition coefficient (Wildman–Crippen LogP) is 5.41. The molecular formula is C26H21BrFN5OS. The maximum absolute atomic E-state index is 15.2. The molecule has 1 aliphatic carbocycles. The summed E-state index contributed by atoms with van der Waals surface area (Å²) in [4.78, 5) is 22.6. The molecule has 1 aromatic carbocycles. The van der Waals surface area contributed by atoms with Gasteiger partial charge in [-0.05, 0) is 49.8 Å². The van der Waals surface area contributed by atoms with E-state index in [1.54, 1.807) is 23.5 Å². The van der Waals surface area contributed by atoms with Crippen LogP contribution in [0.4, 0.5) is 14.4 Å². The number of carbonyl (C=O) groups excluding carboxylic acids is 1. The molecule has 0 saturated carbocycles. The Morgan fingerprint density at radius 1 is 1.23 bits per heavy atom. The van der Waals surface area contributed by atoms with Gasteiger partial charge in [-0.15, -0.1) is 0 Å². The highest BCUT2D eigenvalue weighted by atomic mass is 79.9. The van der Waals surface area contributed by atoms with Crippen molar-refractivity contribution in [3.63, 3.8) is 0 Å². The van der Waals surface area contributed by atoms with Crippen molar-refractivity contribution in [3.8, 4) is 6.07 Å². The molecule has 0 spiro atoms. The van der Waals surface area contributed by atoms with E-state index < -0.39 is 11.7 Å². The Kier molecular flexibility index (Phi) is 4.58. The first-order valence-electron chi connectivity index (χ1n) is 11.9. The number of rotatable bonds is 1. The molecule has 0 amide bonds. The Morgan fingerprint density at radius 3 is 2.80 bits per heavy atom. The van der Waals surface area contributed by atoms with Crippen LogP contribution >= 0.6 is 27.3 Å². The van der Waals surface area contributed by atoms with Crippen LogP contribution in [0.1, 0.15) is 60.6 Å². The van der Waals surface area contributed by atoms with E-state index >= 15 is 4.39 Å². The molecule has 2 N–H and O–H groups in total. The third kappa shape index (κ3) is 2.84. The summed E-state index contributed by atoms with van der Waals surface area (Å²) < 4.78 is 15.9. The molecule has 8 rings (SSSR count). The van der Waals surface area contributed by atoms with Crippen molar-refractivity contribution in [2.75, 3.05) is 22.9 Å². The first-order valence-corrected chi connectivity index (χ1v) is 13.5. The number of piperidine rings is 1. The van der Waals surface area contributed by atoms with E-state index in [4.69, 9.17) is 10.7 Å². The third-order valence-corrected chi connectivity index (χ3v) is 9.65. The molecule has 2 bridgehead atoms. The van der Waals surface area contributed by atoms with Crippen molar-refractivity contribution in [1.29, 1.82) is 5.26 Å². The molecule has 1 fully saturated rings. The Morgan fingerprint density at radius 2 is 2.03 bits per heavy atom. The van der Waals surface area contributed by atoms with E-state index in [0.29, 0.717) is 52.4 Å². The molecule has 35 heavy (non-hydrogen) atoms. The minimum Gasteiger partial charge on any atom is -0.383 e. The molecule has 6 aliphatic rings. The lowest BCUT2D eigenvalue weighted by Crippen LogP contribution is -2.40. The lowest BCUT2D eigenvalue weighted by molar-refractivity contribution is -0.116. The maximum Gasteiger partial charge on any atom is 0.161 e. The Hall–Kier alpha value is -2.96. The van der Waals surface area contributed by atoms with Crippen LogP contribution < -0.4 is 15.5 Å². The summed E-state index contributed by atoms with van der Waals surface area (Å²) >= 11 is 5.11. The summed E-state index contributed by atoms with van der Waals surface area (Å²) in [5, 5.41) is 12.6. The van der Waals surface area contributed by atoms with E-state index in [1.165, 1.54) is 16.6 Å². The zero-order valence-electron chi connectivity index (χ0n) is 18.8. The summed E-state index contributed by atoms with van der Waals surface area (Å²) in [6, 6.07) is 6.95. The van der Waals surface area contributed by atoms with Crippen LogP contribution in [0.15, 0.2) is 50.3 Å². The zero-order chi connectivity index (χ0) is 24.0. The number of Topliss-reactive ketones (excluding diaryl/α,β-unsaturated/α-hetero) is 1. The molecule has 9 heteroatoms. The number of carbonyl (C=O) groups is 1. The lowest BCUT2D eigenvalue weighted by Gasteiger charge is -2.41. The zero-order valence-corrected chi connectivity index (χ0v) is 21.2. The van der Waals surface area contributed by atoms with Gasteiger partial charge in [0.2, 0.25) is 0 Å². The average Bonchev–Trinajstić information content (AvgIpc) is 3.29. The molecule has 1 atom stereocenters. The van der Waals surface area contributed by atoms with Crippen LogP contribution in [-0.2, 0) is 4.79 Å². The second kappa shape index (κ2) is 7.52. The molecule has 1 aromatic heterocycles. The number of hydrogen-bond acceptors (Lipinski definition) is 7. The average molecular weight is 550 g/mol. The van der Waals surface area contributed by atoms with Gasteiger partial charge in [-0.25, -0.2) is 9.38 Å². The van der Waals surface area contributed by atoms with Crippen LogP contribution in [0.5, 0.6) is 0 Å².